The molecule has 3 rings (SSSR count). The number of fused-ring (bicyclic) bond motifs is 1. The van der Waals surface area contributed by atoms with E-state index < -0.39 is 0 Å². The van der Waals surface area contributed by atoms with Gasteiger partial charge >= 0.3 is 0 Å². The summed E-state index contributed by atoms with van der Waals surface area (Å²) >= 11 is 0. The highest BCUT2D eigenvalue weighted by atomic mass is 16.5. The molecule has 1 aromatic carbocycles. The predicted molar refractivity (Wildman–Crippen MR) is 86.5 cm³/mol. The number of hydrogen-bond acceptors (Lipinski definition) is 3. The van der Waals surface area contributed by atoms with Crippen molar-refractivity contribution in [2.24, 2.45) is 0 Å². The molecule has 0 bridgehead atoms. The second kappa shape index (κ2) is 6.17. The number of ether oxygens (including phenoxy) is 1. The van der Waals surface area contributed by atoms with Crippen molar-refractivity contribution in [3.8, 4) is 5.75 Å². The standard InChI is InChI=1S/C18H22N2O/c1-3-13-4-5-15(20-12-13)10-14-8-9-19-18-7-6-16(21-2)11-17(14)18/h6-9,11-12,15,20H,3-5,10H2,1-2H3/t15-/m0/s1. The number of nitrogens with zero attached hydrogens (tertiary/aromatic N) is 1. The molecular formula is C18H22N2O. The minimum Gasteiger partial charge on any atom is -0.497 e. The van der Waals surface area contributed by atoms with Crippen LogP contribution in [0.5, 0.6) is 5.75 Å². The number of benzene rings is 1. The fourth-order valence-electron chi connectivity index (χ4n) is 2.94. The van der Waals surface area contributed by atoms with Gasteiger partial charge in [-0.3, -0.25) is 4.98 Å². The molecule has 1 atom stereocenters. The predicted octanol–water partition coefficient (Wildman–Crippen LogP) is 3.83. The molecule has 0 fully saturated rings. The summed E-state index contributed by atoms with van der Waals surface area (Å²) in [5.74, 6) is 0.890. The monoisotopic (exact) mass is 282 g/mol. The Bertz CT molecular complexity index is 663. The second-order valence-corrected chi connectivity index (χ2v) is 5.62. The maximum atomic E-state index is 5.34. The van der Waals surface area contributed by atoms with Crippen LogP contribution in [0.1, 0.15) is 31.7 Å². The van der Waals surface area contributed by atoms with E-state index in [2.05, 4.69) is 35.6 Å². The molecule has 0 radical (unpaired) electrons. The quantitative estimate of drug-likeness (QED) is 0.925. The minimum absolute atomic E-state index is 0.511. The molecule has 0 unspecified atom stereocenters. The Kier molecular flexibility index (Phi) is 4.09. The van der Waals surface area contributed by atoms with Gasteiger partial charge in [-0.05, 0) is 61.7 Å². The highest BCUT2D eigenvalue weighted by Gasteiger charge is 2.15. The van der Waals surface area contributed by atoms with E-state index >= 15 is 0 Å². The highest BCUT2D eigenvalue weighted by Crippen LogP contribution is 2.25. The lowest BCUT2D eigenvalue weighted by molar-refractivity contribution is 0.415. The lowest BCUT2D eigenvalue weighted by atomic mass is 9.94. The van der Waals surface area contributed by atoms with Crippen molar-refractivity contribution < 1.29 is 4.74 Å². The van der Waals surface area contributed by atoms with Crippen LogP contribution in [0.2, 0.25) is 0 Å². The molecule has 2 aromatic rings. The van der Waals surface area contributed by atoms with Gasteiger partial charge in [0, 0.05) is 17.6 Å². The largest absolute Gasteiger partial charge is 0.497 e. The zero-order valence-electron chi connectivity index (χ0n) is 12.7. The molecule has 21 heavy (non-hydrogen) atoms. The summed E-state index contributed by atoms with van der Waals surface area (Å²) in [6.07, 6.45) is 8.70. The lowest BCUT2D eigenvalue weighted by Crippen LogP contribution is -2.30. The van der Waals surface area contributed by atoms with Crippen LogP contribution in [-0.4, -0.2) is 18.1 Å². The van der Waals surface area contributed by atoms with Gasteiger partial charge < -0.3 is 10.1 Å². The van der Waals surface area contributed by atoms with Crippen LogP contribution >= 0.6 is 0 Å². The summed E-state index contributed by atoms with van der Waals surface area (Å²) in [6.45, 7) is 2.22. The number of pyridine rings is 1. The van der Waals surface area contributed by atoms with Gasteiger partial charge in [0.05, 0.1) is 12.6 Å². The third-order valence-electron chi connectivity index (χ3n) is 4.30. The van der Waals surface area contributed by atoms with Gasteiger partial charge in [-0.2, -0.15) is 0 Å². The first-order chi connectivity index (χ1) is 10.3. The molecule has 1 N–H and O–H groups in total. The molecule has 1 aliphatic heterocycles. The van der Waals surface area contributed by atoms with Crippen LogP contribution < -0.4 is 10.1 Å². The van der Waals surface area contributed by atoms with E-state index in [0.29, 0.717) is 6.04 Å². The van der Waals surface area contributed by atoms with E-state index in [1.807, 2.05) is 18.3 Å². The molecule has 0 aliphatic carbocycles. The van der Waals surface area contributed by atoms with E-state index in [1.165, 1.54) is 29.4 Å². The fourth-order valence-corrected chi connectivity index (χ4v) is 2.94. The van der Waals surface area contributed by atoms with Gasteiger partial charge in [0.25, 0.3) is 0 Å². The maximum absolute atomic E-state index is 5.34. The van der Waals surface area contributed by atoms with Crippen molar-refractivity contribution in [3.63, 3.8) is 0 Å². The zero-order valence-corrected chi connectivity index (χ0v) is 12.7. The van der Waals surface area contributed by atoms with Crippen LogP contribution in [0.3, 0.4) is 0 Å². The number of nitrogens with one attached hydrogen (secondary N) is 1. The summed E-state index contributed by atoms with van der Waals surface area (Å²) in [6, 6.07) is 8.73. The Morgan fingerprint density at radius 2 is 2.24 bits per heavy atom. The van der Waals surface area contributed by atoms with Crippen molar-refractivity contribution >= 4 is 10.9 Å². The summed E-state index contributed by atoms with van der Waals surface area (Å²) in [5.41, 5.74) is 3.89. The minimum atomic E-state index is 0.511. The maximum Gasteiger partial charge on any atom is 0.119 e. The third kappa shape index (κ3) is 3.02. The molecule has 3 nitrogen and oxygen atoms in total. The van der Waals surface area contributed by atoms with Crippen LogP contribution in [-0.2, 0) is 6.42 Å². The van der Waals surface area contributed by atoms with Gasteiger partial charge in [0.2, 0.25) is 0 Å². The Morgan fingerprint density at radius 3 is 2.95 bits per heavy atom. The highest BCUT2D eigenvalue weighted by molar-refractivity contribution is 5.83. The number of allylic oxidation sites excluding steroid dienone is 1. The second-order valence-electron chi connectivity index (χ2n) is 5.62. The first-order valence-corrected chi connectivity index (χ1v) is 7.65. The van der Waals surface area contributed by atoms with E-state index in [0.717, 1.165) is 24.1 Å². The summed E-state index contributed by atoms with van der Waals surface area (Å²) in [4.78, 5) is 4.45. The molecular weight excluding hydrogens is 260 g/mol. The SMILES string of the molecule is CCC1=CN[C@H](Cc2ccnc3ccc(OC)cc23)CC1. The first kappa shape index (κ1) is 13.9. The molecule has 110 valence electrons. The van der Waals surface area contributed by atoms with Gasteiger partial charge in [0.1, 0.15) is 5.75 Å². The Labute approximate surface area is 126 Å². The average molecular weight is 282 g/mol. The topological polar surface area (TPSA) is 34.2 Å². The number of aromatic nitrogens is 1. The van der Waals surface area contributed by atoms with E-state index in [1.54, 1.807) is 7.11 Å². The van der Waals surface area contributed by atoms with E-state index in [9.17, 15) is 0 Å². The number of rotatable bonds is 4. The van der Waals surface area contributed by atoms with Crippen LogP contribution in [0.15, 0.2) is 42.2 Å². The molecule has 1 aromatic heterocycles. The van der Waals surface area contributed by atoms with E-state index in [4.69, 9.17) is 4.74 Å². The van der Waals surface area contributed by atoms with Crippen LogP contribution in [0.4, 0.5) is 0 Å². The van der Waals surface area contributed by atoms with Crippen molar-refractivity contribution in [3.05, 3.63) is 47.8 Å². The van der Waals surface area contributed by atoms with Crippen LogP contribution in [0, 0.1) is 0 Å². The molecule has 0 spiro atoms. The van der Waals surface area contributed by atoms with Gasteiger partial charge in [-0.25, -0.2) is 0 Å². The summed E-state index contributed by atoms with van der Waals surface area (Å²) in [5, 5.41) is 4.75. The molecule has 0 saturated heterocycles. The van der Waals surface area contributed by atoms with Gasteiger partial charge in [0.15, 0.2) is 0 Å². The number of methoxy groups -OCH3 is 1. The summed E-state index contributed by atoms with van der Waals surface area (Å²) in [7, 11) is 1.71. The number of hydrogen-bond donors (Lipinski definition) is 1. The van der Waals surface area contributed by atoms with E-state index in [-0.39, 0.29) is 0 Å². The molecule has 0 saturated carbocycles. The smallest absolute Gasteiger partial charge is 0.119 e. The lowest BCUT2D eigenvalue weighted by Gasteiger charge is -2.24. The normalized spacial score (nSPS) is 18.2. The first-order valence-electron chi connectivity index (χ1n) is 7.65. The summed E-state index contributed by atoms with van der Waals surface area (Å²) < 4.78 is 5.34. The average Bonchev–Trinajstić information content (AvgIpc) is 2.55. The Morgan fingerprint density at radius 1 is 1.33 bits per heavy atom. The van der Waals surface area contributed by atoms with Crippen molar-refractivity contribution in [1.82, 2.24) is 10.3 Å². The molecule has 0 amide bonds. The van der Waals surface area contributed by atoms with Crippen molar-refractivity contribution in [1.29, 1.82) is 0 Å². The zero-order chi connectivity index (χ0) is 14.7. The molecule has 1 aliphatic rings. The van der Waals surface area contributed by atoms with Crippen LogP contribution in [0.25, 0.3) is 10.9 Å². The Hall–Kier alpha value is -2.03. The van der Waals surface area contributed by atoms with Crippen molar-refractivity contribution in [2.75, 3.05) is 7.11 Å². The van der Waals surface area contributed by atoms with Crippen molar-refractivity contribution in [2.45, 2.75) is 38.6 Å². The van der Waals surface area contributed by atoms with Gasteiger partial charge in [-0.1, -0.05) is 12.5 Å². The third-order valence-corrected chi connectivity index (χ3v) is 4.30. The Balaban J connectivity index is 1.85. The molecule has 2 heterocycles. The van der Waals surface area contributed by atoms with Gasteiger partial charge in [-0.15, -0.1) is 0 Å². The fraction of sp³-hybridized carbons (Fsp3) is 0.389. The molecule has 3 heteroatoms.